The second-order valence-corrected chi connectivity index (χ2v) is 6.00. The number of carbonyl (C=O) groups excluding carboxylic acids is 1. The van der Waals surface area contributed by atoms with Crippen molar-refractivity contribution in [1.29, 1.82) is 0 Å². The van der Waals surface area contributed by atoms with E-state index < -0.39 is 6.10 Å². The fourth-order valence-corrected chi connectivity index (χ4v) is 2.64. The molecule has 0 spiro atoms. The summed E-state index contributed by atoms with van der Waals surface area (Å²) in [5.74, 6) is 1.25. The third-order valence-corrected chi connectivity index (χ3v) is 4.05. The van der Waals surface area contributed by atoms with E-state index >= 15 is 0 Å². The van der Waals surface area contributed by atoms with E-state index in [0.29, 0.717) is 17.3 Å². The summed E-state index contributed by atoms with van der Waals surface area (Å²) in [6, 6.07) is 7.25. The molecule has 0 bridgehead atoms. The Bertz CT molecular complexity index is 584. The summed E-state index contributed by atoms with van der Waals surface area (Å²) in [7, 11) is 1.62. The highest BCUT2D eigenvalue weighted by Gasteiger charge is 2.21. The second-order valence-electron chi connectivity index (χ2n) is 5.10. The zero-order chi connectivity index (χ0) is 16.5. The lowest BCUT2D eigenvalue weighted by Crippen LogP contribution is -2.33. The predicted molar refractivity (Wildman–Crippen MR) is 92.3 cm³/mol. The maximum absolute atomic E-state index is 12.4. The molecule has 124 valence electrons. The van der Waals surface area contributed by atoms with Gasteiger partial charge in [0, 0.05) is 11.6 Å². The molecule has 0 aliphatic rings. The van der Waals surface area contributed by atoms with Gasteiger partial charge in [0.05, 0.1) is 7.11 Å². The topological polar surface area (TPSA) is 60.5 Å². The van der Waals surface area contributed by atoms with Gasteiger partial charge in [0.2, 0.25) is 0 Å². The van der Waals surface area contributed by atoms with Crippen LogP contribution in [0.4, 0.5) is 5.13 Å². The van der Waals surface area contributed by atoms with Crippen LogP contribution in [0.3, 0.4) is 0 Å². The number of ether oxygens (including phenoxy) is 2. The number of carbonyl (C=O) groups is 1. The normalized spacial score (nSPS) is 11.7. The largest absolute Gasteiger partial charge is 0.497 e. The first-order valence-electron chi connectivity index (χ1n) is 7.74. The summed E-state index contributed by atoms with van der Waals surface area (Å²) in [5.41, 5.74) is 0. The van der Waals surface area contributed by atoms with E-state index in [1.54, 1.807) is 13.3 Å². The molecule has 0 aliphatic heterocycles. The molecule has 0 fully saturated rings. The molecular formula is C17H22N2O3S. The van der Waals surface area contributed by atoms with Gasteiger partial charge in [0.25, 0.3) is 5.91 Å². The summed E-state index contributed by atoms with van der Waals surface area (Å²) >= 11 is 1.39. The van der Waals surface area contributed by atoms with Crippen LogP contribution >= 0.6 is 11.3 Å². The molecule has 0 saturated heterocycles. The molecule has 2 rings (SSSR count). The van der Waals surface area contributed by atoms with Crippen molar-refractivity contribution in [1.82, 2.24) is 4.98 Å². The van der Waals surface area contributed by atoms with Crippen molar-refractivity contribution in [3.63, 3.8) is 0 Å². The van der Waals surface area contributed by atoms with E-state index in [2.05, 4.69) is 17.2 Å². The third-order valence-electron chi connectivity index (χ3n) is 3.36. The Hall–Kier alpha value is -2.08. The van der Waals surface area contributed by atoms with Gasteiger partial charge in [-0.1, -0.05) is 19.8 Å². The van der Waals surface area contributed by atoms with E-state index in [9.17, 15) is 4.79 Å². The highest BCUT2D eigenvalue weighted by molar-refractivity contribution is 7.13. The molecule has 0 saturated carbocycles. The Kier molecular flexibility index (Phi) is 6.87. The number of thiazole rings is 1. The van der Waals surface area contributed by atoms with Crippen LogP contribution in [-0.2, 0) is 4.79 Å². The minimum atomic E-state index is -0.529. The Morgan fingerprint density at radius 1 is 1.26 bits per heavy atom. The zero-order valence-electron chi connectivity index (χ0n) is 13.5. The van der Waals surface area contributed by atoms with Crippen molar-refractivity contribution < 1.29 is 14.3 Å². The number of nitrogens with zero attached hydrogens (tertiary/aromatic N) is 1. The van der Waals surface area contributed by atoms with E-state index in [-0.39, 0.29) is 5.91 Å². The summed E-state index contributed by atoms with van der Waals surface area (Å²) in [4.78, 5) is 16.5. The molecule has 0 radical (unpaired) electrons. The van der Waals surface area contributed by atoms with E-state index in [1.165, 1.54) is 11.3 Å². The van der Waals surface area contributed by atoms with Crippen molar-refractivity contribution in [3.8, 4) is 11.5 Å². The van der Waals surface area contributed by atoms with Crippen LogP contribution in [0.2, 0.25) is 0 Å². The minimum absolute atomic E-state index is 0.160. The molecule has 1 amide bonds. The number of aromatic nitrogens is 1. The van der Waals surface area contributed by atoms with Gasteiger partial charge in [-0.3, -0.25) is 10.1 Å². The molecule has 1 N–H and O–H groups in total. The number of methoxy groups -OCH3 is 1. The van der Waals surface area contributed by atoms with Gasteiger partial charge in [-0.15, -0.1) is 11.3 Å². The molecule has 1 aromatic heterocycles. The first-order valence-corrected chi connectivity index (χ1v) is 8.62. The van der Waals surface area contributed by atoms with Crippen LogP contribution < -0.4 is 14.8 Å². The van der Waals surface area contributed by atoms with E-state index in [4.69, 9.17) is 9.47 Å². The first-order chi connectivity index (χ1) is 11.2. The predicted octanol–water partition coefficient (Wildman–Crippen LogP) is 4.12. The smallest absolute Gasteiger partial charge is 0.267 e. The van der Waals surface area contributed by atoms with Crippen LogP contribution in [0.15, 0.2) is 35.8 Å². The van der Waals surface area contributed by atoms with Crippen LogP contribution in [0, 0.1) is 0 Å². The molecular weight excluding hydrogens is 312 g/mol. The summed E-state index contributed by atoms with van der Waals surface area (Å²) < 4.78 is 11.0. The molecule has 5 nitrogen and oxygen atoms in total. The first kappa shape index (κ1) is 17.3. The molecule has 1 heterocycles. The number of hydrogen-bond acceptors (Lipinski definition) is 5. The number of hydrogen-bond donors (Lipinski definition) is 1. The van der Waals surface area contributed by atoms with Crippen molar-refractivity contribution >= 4 is 22.4 Å². The number of nitrogens with one attached hydrogen (secondary N) is 1. The van der Waals surface area contributed by atoms with Gasteiger partial charge in [-0.2, -0.15) is 0 Å². The lowest BCUT2D eigenvalue weighted by atomic mass is 10.1. The van der Waals surface area contributed by atoms with Crippen LogP contribution in [-0.4, -0.2) is 24.1 Å². The maximum atomic E-state index is 12.4. The molecule has 23 heavy (non-hydrogen) atoms. The van der Waals surface area contributed by atoms with E-state index in [1.807, 2.05) is 29.6 Å². The van der Waals surface area contributed by atoms with Crippen LogP contribution in [0.5, 0.6) is 11.5 Å². The Labute approximate surface area is 140 Å². The average Bonchev–Trinajstić information content (AvgIpc) is 3.07. The van der Waals surface area contributed by atoms with Crippen molar-refractivity contribution in [2.24, 2.45) is 0 Å². The third kappa shape index (κ3) is 5.56. The quantitative estimate of drug-likeness (QED) is 0.701. The second kappa shape index (κ2) is 9.15. The van der Waals surface area contributed by atoms with Crippen LogP contribution in [0.25, 0.3) is 0 Å². The summed E-state index contributed by atoms with van der Waals surface area (Å²) in [6.45, 7) is 2.13. The summed E-state index contributed by atoms with van der Waals surface area (Å²) in [5, 5.41) is 5.23. The number of anilines is 1. The lowest BCUT2D eigenvalue weighted by Gasteiger charge is -2.18. The SMILES string of the molecule is CCCCCC(Oc1ccc(OC)cc1)C(=O)Nc1nccs1. The Morgan fingerprint density at radius 2 is 2.00 bits per heavy atom. The van der Waals surface area contributed by atoms with Gasteiger partial charge >= 0.3 is 0 Å². The number of benzene rings is 1. The number of unbranched alkanes of at least 4 members (excludes halogenated alkanes) is 2. The molecule has 1 aromatic carbocycles. The fraction of sp³-hybridized carbons (Fsp3) is 0.412. The lowest BCUT2D eigenvalue weighted by molar-refractivity contribution is -0.123. The van der Waals surface area contributed by atoms with Gasteiger partial charge in [0.1, 0.15) is 11.5 Å². The summed E-state index contributed by atoms with van der Waals surface area (Å²) in [6.07, 6.45) is 4.94. The standard InChI is InChI=1S/C17H22N2O3S/c1-3-4-5-6-15(16(20)19-17-18-11-12-23-17)22-14-9-7-13(21-2)8-10-14/h7-12,15H,3-6H2,1-2H3,(H,18,19,20). The molecule has 2 aromatic rings. The van der Waals surface area contributed by atoms with Gasteiger partial charge in [-0.25, -0.2) is 4.98 Å². The number of rotatable bonds is 9. The molecule has 1 unspecified atom stereocenters. The van der Waals surface area contributed by atoms with E-state index in [0.717, 1.165) is 25.0 Å². The van der Waals surface area contributed by atoms with Crippen LogP contribution in [0.1, 0.15) is 32.6 Å². The highest BCUT2D eigenvalue weighted by atomic mass is 32.1. The minimum Gasteiger partial charge on any atom is -0.497 e. The molecule has 6 heteroatoms. The number of amides is 1. The monoisotopic (exact) mass is 334 g/mol. The van der Waals surface area contributed by atoms with Crippen molar-refractivity contribution in [2.45, 2.75) is 38.7 Å². The zero-order valence-corrected chi connectivity index (χ0v) is 14.3. The Morgan fingerprint density at radius 3 is 2.61 bits per heavy atom. The van der Waals surface area contributed by atoms with Crippen molar-refractivity contribution in [3.05, 3.63) is 35.8 Å². The fourth-order valence-electron chi connectivity index (χ4n) is 2.11. The maximum Gasteiger partial charge on any atom is 0.267 e. The highest BCUT2D eigenvalue weighted by Crippen LogP contribution is 2.21. The van der Waals surface area contributed by atoms with Crippen molar-refractivity contribution in [2.75, 3.05) is 12.4 Å². The average molecular weight is 334 g/mol. The molecule has 1 atom stereocenters. The van der Waals surface area contributed by atoms with Gasteiger partial charge in [-0.05, 0) is 37.1 Å². The van der Waals surface area contributed by atoms with Gasteiger partial charge in [0.15, 0.2) is 11.2 Å². The van der Waals surface area contributed by atoms with Gasteiger partial charge < -0.3 is 9.47 Å². The molecule has 0 aliphatic carbocycles. The Balaban J connectivity index is 2.01.